The lowest BCUT2D eigenvalue weighted by atomic mass is 9.85. The van der Waals surface area contributed by atoms with Gasteiger partial charge in [-0.05, 0) is 28.8 Å². The van der Waals surface area contributed by atoms with Crippen LogP contribution in [0.4, 0.5) is 0 Å². The number of hydrogen-bond acceptors (Lipinski definition) is 1. The molecule has 3 aromatic rings. The minimum Gasteiger partial charge on any atom is -0.506 e. The summed E-state index contributed by atoms with van der Waals surface area (Å²) in [4.78, 5) is 0. The first-order chi connectivity index (χ1) is 10.3. The number of phenolic OH excluding ortho intramolecular Hbond substituents is 1. The van der Waals surface area contributed by atoms with Gasteiger partial charge in [0.2, 0.25) is 0 Å². The minimum atomic E-state index is 0.102. The molecule has 1 N–H and O–H groups in total. The van der Waals surface area contributed by atoms with Gasteiger partial charge in [-0.3, -0.25) is 0 Å². The van der Waals surface area contributed by atoms with Crippen LogP contribution in [0.5, 0.6) is 5.75 Å². The first kappa shape index (κ1) is 13.7. The molecule has 0 aliphatic rings. The van der Waals surface area contributed by atoms with Crippen molar-refractivity contribution >= 4 is 11.6 Å². The average Bonchev–Trinajstić information content (AvgIpc) is 2.53. The lowest BCUT2D eigenvalue weighted by Gasteiger charge is -2.19. The molecule has 0 amide bonds. The van der Waals surface area contributed by atoms with Crippen molar-refractivity contribution in [2.45, 2.75) is 5.92 Å². The second kappa shape index (κ2) is 6.02. The molecule has 21 heavy (non-hydrogen) atoms. The predicted molar refractivity (Wildman–Crippen MR) is 86.9 cm³/mol. The fraction of sp³-hybridized carbons (Fsp3) is 0.0526. The summed E-state index contributed by atoms with van der Waals surface area (Å²) in [6.07, 6.45) is 0. The number of aromatic hydroxyl groups is 1. The maximum absolute atomic E-state index is 9.63. The van der Waals surface area contributed by atoms with Crippen molar-refractivity contribution < 1.29 is 5.11 Å². The molecule has 0 aliphatic heterocycles. The van der Waals surface area contributed by atoms with E-state index in [-0.39, 0.29) is 11.7 Å². The molecule has 3 aromatic carbocycles. The Morgan fingerprint density at radius 3 is 1.67 bits per heavy atom. The van der Waals surface area contributed by atoms with Crippen LogP contribution in [0, 0.1) is 0 Å². The third kappa shape index (κ3) is 2.93. The monoisotopic (exact) mass is 294 g/mol. The maximum atomic E-state index is 9.63. The van der Waals surface area contributed by atoms with E-state index in [1.165, 1.54) is 11.1 Å². The normalized spacial score (nSPS) is 10.8. The maximum Gasteiger partial charge on any atom is 0.134 e. The third-order valence-electron chi connectivity index (χ3n) is 3.57. The van der Waals surface area contributed by atoms with Crippen molar-refractivity contribution in [3.8, 4) is 5.75 Å². The SMILES string of the molecule is Oc1ccc(C(c2ccccc2)c2ccccc2)cc1Cl. The molecule has 0 saturated heterocycles. The summed E-state index contributed by atoms with van der Waals surface area (Å²) in [5, 5.41) is 10.0. The van der Waals surface area contributed by atoms with Gasteiger partial charge in [0.25, 0.3) is 0 Å². The summed E-state index contributed by atoms with van der Waals surface area (Å²) in [6.45, 7) is 0. The predicted octanol–water partition coefficient (Wildman–Crippen LogP) is 5.23. The zero-order chi connectivity index (χ0) is 14.7. The van der Waals surface area contributed by atoms with Crippen LogP contribution in [0.1, 0.15) is 22.6 Å². The smallest absolute Gasteiger partial charge is 0.134 e. The number of phenols is 1. The van der Waals surface area contributed by atoms with Crippen molar-refractivity contribution in [2.24, 2.45) is 0 Å². The van der Waals surface area contributed by atoms with Crippen LogP contribution in [-0.4, -0.2) is 5.11 Å². The molecule has 0 radical (unpaired) electrons. The van der Waals surface area contributed by atoms with Crippen LogP contribution in [-0.2, 0) is 0 Å². The Kier molecular flexibility index (Phi) is 3.94. The lowest BCUT2D eigenvalue weighted by Crippen LogP contribution is -2.03. The molecule has 0 saturated carbocycles. The van der Waals surface area contributed by atoms with Gasteiger partial charge in [-0.15, -0.1) is 0 Å². The Bertz CT molecular complexity index is 684. The fourth-order valence-corrected chi connectivity index (χ4v) is 2.76. The Balaban J connectivity index is 2.14. The van der Waals surface area contributed by atoms with Crippen LogP contribution >= 0.6 is 11.6 Å². The van der Waals surface area contributed by atoms with Gasteiger partial charge in [-0.25, -0.2) is 0 Å². The van der Waals surface area contributed by atoms with Crippen molar-refractivity contribution in [1.29, 1.82) is 0 Å². The Morgan fingerprint density at radius 2 is 1.19 bits per heavy atom. The molecule has 0 unspecified atom stereocenters. The summed E-state index contributed by atoms with van der Waals surface area (Å²) < 4.78 is 0. The van der Waals surface area contributed by atoms with Gasteiger partial charge in [-0.2, -0.15) is 0 Å². The van der Waals surface area contributed by atoms with E-state index < -0.39 is 0 Å². The summed E-state index contributed by atoms with van der Waals surface area (Å²) in [6, 6.07) is 26.0. The molecule has 0 fully saturated rings. The van der Waals surface area contributed by atoms with Crippen LogP contribution < -0.4 is 0 Å². The highest BCUT2D eigenvalue weighted by Gasteiger charge is 2.17. The van der Waals surface area contributed by atoms with Crippen molar-refractivity contribution in [3.05, 3.63) is 101 Å². The average molecular weight is 295 g/mol. The third-order valence-corrected chi connectivity index (χ3v) is 3.87. The summed E-state index contributed by atoms with van der Waals surface area (Å²) in [5.74, 6) is 0.214. The summed E-state index contributed by atoms with van der Waals surface area (Å²) >= 11 is 6.08. The summed E-state index contributed by atoms with van der Waals surface area (Å²) in [7, 11) is 0. The van der Waals surface area contributed by atoms with Crippen LogP contribution in [0.15, 0.2) is 78.9 Å². The molecule has 0 heterocycles. The van der Waals surface area contributed by atoms with Crippen molar-refractivity contribution in [2.75, 3.05) is 0 Å². The molecule has 3 rings (SSSR count). The Morgan fingerprint density at radius 1 is 0.667 bits per heavy atom. The second-order valence-corrected chi connectivity index (χ2v) is 5.37. The zero-order valence-corrected chi connectivity index (χ0v) is 12.2. The lowest BCUT2D eigenvalue weighted by molar-refractivity contribution is 0.475. The van der Waals surface area contributed by atoms with Crippen LogP contribution in [0.2, 0.25) is 5.02 Å². The van der Waals surface area contributed by atoms with E-state index in [4.69, 9.17) is 11.6 Å². The van der Waals surface area contributed by atoms with Gasteiger partial charge in [-0.1, -0.05) is 78.3 Å². The van der Waals surface area contributed by atoms with E-state index in [9.17, 15) is 5.11 Å². The van der Waals surface area contributed by atoms with Gasteiger partial charge in [0.05, 0.1) is 5.02 Å². The number of halogens is 1. The van der Waals surface area contributed by atoms with Gasteiger partial charge in [0.15, 0.2) is 0 Å². The molecular formula is C19H15ClO. The molecule has 104 valence electrons. The zero-order valence-electron chi connectivity index (χ0n) is 11.4. The highest BCUT2D eigenvalue weighted by Crippen LogP contribution is 2.35. The van der Waals surface area contributed by atoms with Gasteiger partial charge < -0.3 is 5.11 Å². The van der Waals surface area contributed by atoms with E-state index in [0.29, 0.717) is 5.02 Å². The topological polar surface area (TPSA) is 20.2 Å². The van der Waals surface area contributed by atoms with E-state index in [1.807, 2.05) is 48.5 Å². The van der Waals surface area contributed by atoms with E-state index in [2.05, 4.69) is 24.3 Å². The Labute approximate surface area is 129 Å². The van der Waals surface area contributed by atoms with E-state index in [1.54, 1.807) is 6.07 Å². The number of hydrogen-bond donors (Lipinski definition) is 1. The fourth-order valence-electron chi connectivity index (χ4n) is 2.57. The number of benzene rings is 3. The molecule has 0 aromatic heterocycles. The van der Waals surface area contributed by atoms with E-state index >= 15 is 0 Å². The second-order valence-electron chi connectivity index (χ2n) is 4.97. The van der Waals surface area contributed by atoms with Gasteiger partial charge in [0, 0.05) is 5.92 Å². The van der Waals surface area contributed by atoms with Crippen LogP contribution in [0.25, 0.3) is 0 Å². The molecule has 1 nitrogen and oxygen atoms in total. The highest BCUT2D eigenvalue weighted by molar-refractivity contribution is 6.32. The minimum absolute atomic E-state index is 0.102. The molecule has 2 heteroatoms. The molecule has 0 aliphatic carbocycles. The molecule has 0 bridgehead atoms. The quantitative estimate of drug-likeness (QED) is 0.656. The number of rotatable bonds is 3. The van der Waals surface area contributed by atoms with Crippen molar-refractivity contribution in [3.63, 3.8) is 0 Å². The van der Waals surface area contributed by atoms with Gasteiger partial charge >= 0.3 is 0 Å². The van der Waals surface area contributed by atoms with Crippen molar-refractivity contribution in [1.82, 2.24) is 0 Å². The molecular weight excluding hydrogens is 280 g/mol. The molecule has 0 spiro atoms. The largest absolute Gasteiger partial charge is 0.506 e. The standard InChI is InChI=1S/C19H15ClO/c20-17-13-16(11-12-18(17)21)19(14-7-3-1-4-8-14)15-9-5-2-6-10-15/h1-13,19,21H. The first-order valence-corrected chi connectivity index (χ1v) is 7.22. The highest BCUT2D eigenvalue weighted by atomic mass is 35.5. The molecule has 0 atom stereocenters. The van der Waals surface area contributed by atoms with Crippen LogP contribution in [0.3, 0.4) is 0 Å². The van der Waals surface area contributed by atoms with Gasteiger partial charge in [0.1, 0.15) is 5.75 Å². The Hall–Kier alpha value is -2.25. The summed E-state index contributed by atoms with van der Waals surface area (Å²) in [5.41, 5.74) is 3.46. The first-order valence-electron chi connectivity index (χ1n) is 6.84. The van der Waals surface area contributed by atoms with E-state index in [0.717, 1.165) is 5.56 Å².